The molecule has 0 bridgehead atoms. The summed E-state index contributed by atoms with van der Waals surface area (Å²) in [6.07, 6.45) is 2.41. The Morgan fingerprint density at radius 2 is 1.96 bits per heavy atom. The van der Waals surface area contributed by atoms with Crippen LogP contribution in [0.2, 0.25) is 0 Å². The average Bonchev–Trinajstić information content (AvgIpc) is 3.01. The molecule has 26 heavy (non-hydrogen) atoms. The highest BCUT2D eigenvalue weighted by atomic mass is 16.6. The van der Waals surface area contributed by atoms with Crippen molar-refractivity contribution in [2.45, 2.75) is 20.3 Å². The molecule has 1 heterocycles. The Bertz CT molecular complexity index is 894. The summed E-state index contributed by atoms with van der Waals surface area (Å²) in [4.78, 5) is 28.2. The van der Waals surface area contributed by atoms with Gasteiger partial charge in [0, 0.05) is 5.56 Å². The lowest BCUT2D eigenvalue weighted by molar-refractivity contribution is -0.129. The lowest BCUT2D eigenvalue weighted by Crippen LogP contribution is -2.06. The van der Waals surface area contributed by atoms with Gasteiger partial charge >= 0.3 is 11.9 Å². The quantitative estimate of drug-likeness (QED) is 0.606. The predicted molar refractivity (Wildman–Crippen MR) is 98.8 cm³/mol. The Labute approximate surface area is 152 Å². The number of nitrogens with zero attached hydrogens (tertiary/aromatic N) is 1. The first-order valence-corrected chi connectivity index (χ1v) is 8.43. The first kappa shape index (κ1) is 17.6. The van der Waals surface area contributed by atoms with Crippen molar-refractivity contribution in [2.24, 2.45) is 4.99 Å². The molecular weight excluding hydrogens is 330 g/mol. The zero-order valence-corrected chi connectivity index (χ0v) is 14.7. The molecule has 0 aliphatic carbocycles. The number of benzene rings is 2. The van der Waals surface area contributed by atoms with Crippen molar-refractivity contribution in [1.29, 1.82) is 0 Å². The van der Waals surface area contributed by atoms with Crippen molar-refractivity contribution < 1.29 is 19.1 Å². The van der Waals surface area contributed by atoms with Gasteiger partial charge in [-0.25, -0.2) is 14.6 Å². The highest BCUT2D eigenvalue weighted by Crippen LogP contribution is 2.20. The van der Waals surface area contributed by atoms with E-state index in [9.17, 15) is 9.59 Å². The van der Waals surface area contributed by atoms with Gasteiger partial charge < -0.3 is 9.47 Å². The maximum absolute atomic E-state index is 12.1. The van der Waals surface area contributed by atoms with E-state index in [2.05, 4.69) is 4.99 Å². The van der Waals surface area contributed by atoms with E-state index >= 15 is 0 Å². The second-order valence-corrected chi connectivity index (χ2v) is 5.96. The molecule has 0 saturated heterocycles. The third-order valence-electron chi connectivity index (χ3n) is 3.77. The smallest absolute Gasteiger partial charge is 0.363 e. The summed E-state index contributed by atoms with van der Waals surface area (Å²) >= 11 is 0. The van der Waals surface area contributed by atoms with E-state index in [1.54, 1.807) is 30.3 Å². The lowest BCUT2D eigenvalue weighted by Gasteiger charge is -2.03. The van der Waals surface area contributed by atoms with Crippen molar-refractivity contribution in [2.75, 3.05) is 6.61 Å². The molecule has 2 aromatic carbocycles. The molecule has 0 atom stereocenters. The van der Waals surface area contributed by atoms with Crippen LogP contribution in [0.4, 0.5) is 0 Å². The maximum atomic E-state index is 12.1. The molecule has 2 aromatic rings. The number of rotatable bonds is 5. The molecule has 5 heteroatoms. The van der Waals surface area contributed by atoms with Gasteiger partial charge in [-0.1, -0.05) is 36.8 Å². The first-order chi connectivity index (χ1) is 12.6. The van der Waals surface area contributed by atoms with E-state index in [0.717, 1.165) is 23.1 Å². The van der Waals surface area contributed by atoms with Crippen LogP contribution in [-0.2, 0) is 14.3 Å². The van der Waals surface area contributed by atoms with Gasteiger partial charge in [0.1, 0.15) is 0 Å². The summed E-state index contributed by atoms with van der Waals surface area (Å²) in [7, 11) is 0. The van der Waals surface area contributed by atoms with E-state index < -0.39 is 5.97 Å². The fraction of sp³-hybridized carbons (Fsp3) is 0.190. The van der Waals surface area contributed by atoms with Crippen LogP contribution < -0.4 is 0 Å². The van der Waals surface area contributed by atoms with E-state index in [-0.39, 0.29) is 11.7 Å². The largest absolute Gasteiger partial charge is 0.462 e. The molecule has 0 radical (unpaired) electrons. The van der Waals surface area contributed by atoms with Crippen LogP contribution in [0.15, 0.2) is 59.2 Å². The van der Waals surface area contributed by atoms with E-state index in [4.69, 9.17) is 9.47 Å². The van der Waals surface area contributed by atoms with Crippen molar-refractivity contribution in [3.05, 3.63) is 76.5 Å². The normalized spacial score (nSPS) is 14.9. The Hall–Kier alpha value is -3.21. The Kier molecular flexibility index (Phi) is 5.27. The minimum atomic E-state index is -0.493. The minimum absolute atomic E-state index is 0.225. The number of cyclic esters (lactones) is 1. The van der Waals surface area contributed by atoms with Crippen LogP contribution in [0, 0.1) is 6.92 Å². The highest BCUT2D eigenvalue weighted by molar-refractivity contribution is 6.12. The fourth-order valence-electron chi connectivity index (χ4n) is 2.46. The SMILES string of the molecule is CCCOC(=O)c1ccc(/C=C2\N=C(c3cccc(C)c3)OC2=O)cc1. The second-order valence-electron chi connectivity index (χ2n) is 5.96. The number of carbonyl (C=O) groups excluding carboxylic acids is 2. The average molecular weight is 349 g/mol. The van der Waals surface area contributed by atoms with Gasteiger partial charge in [0.15, 0.2) is 5.70 Å². The van der Waals surface area contributed by atoms with Crippen molar-refractivity contribution in [1.82, 2.24) is 0 Å². The number of hydrogen-bond acceptors (Lipinski definition) is 5. The van der Waals surface area contributed by atoms with Crippen molar-refractivity contribution in [3.8, 4) is 0 Å². The second kappa shape index (κ2) is 7.78. The molecular formula is C21H19NO4. The third-order valence-corrected chi connectivity index (χ3v) is 3.77. The molecule has 0 amide bonds. The number of hydrogen-bond donors (Lipinski definition) is 0. The molecule has 5 nitrogen and oxygen atoms in total. The maximum Gasteiger partial charge on any atom is 0.363 e. The van der Waals surface area contributed by atoms with Gasteiger partial charge in [-0.3, -0.25) is 0 Å². The Balaban J connectivity index is 1.79. The lowest BCUT2D eigenvalue weighted by atomic mass is 10.1. The van der Waals surface area contributed by atoms with Gasteiger partial charge in [-0.2, -0.15) is 0 Å². The van der Waals surface area contributed by atoms with Gasteiger partial charge in [-0.05, 0) is 49.2 Å². The van der Waals surface area contributed by atoms with Crippen LogP contribution >= 0.6 is 0 Å². The molecule has 0 N–H and O–H groups in total. The first-order valence-electron chi connectivity index (χ1n) is 8.43. The van der Waals surface area contributed by atoms with Crippen LogP contribution in [0.1, 0.15) is 40.4 Å². The minimum Gasteiger partial charge on any atom is -0.462 e. The summed E-state index contributed by atoms with van der Waals surface area (Å²) in [6.45, 7) is 4.30. The van der Waals surface area contributed by atoms with E-state index in [0.29, 0.717) is 18.1 Å². The Morgan fingerprint density at radius 1 is 1.19 bits per heavy atom. The molecule has 0 spiro atoms. The monoisotopic (exact) mass is 349 g/mol. The highest BCUT2D eigenvalue weighted by Gasteiger charge is 2.24. The van der Waals surface area contributed by atoms with Crippen LogP contribution in [0.5, 0.6) is 0 Å². The van der Waals surface area contributed by atoms with Gasteiger partial charge in [0.2, 0.25) is 5.90 Å². The molecule has 1 aliphatic rings. The van der Waals surface area contributed by atoms with Gasteiger partial charge in [0.05, 0.1) is 12.2 Å². The van der Waals surface area contributed by atoms with Crippen molar-refractivity contribution in [3.63, 3.8) is 0 Å². The number of aryl methyl sites for hydroxylation is 1. The molecule has 132 valence electrons. The molecule has 0 saturated carbocycles. The topological polar surface area (TPSA) is 65.0 Å². The third kappa shape index (κ3) is 4.06. The molecule has 3 rings (SSSR count). The summed E-state index contributed by atoms with van der Waals surface area (Å²) in [5, 5.41) is 0. The van der Waals surface area contributed by atoms with Crippen LogP contribution in [-0.4, -0.2) is 24.4 Å². The predicted octanol–water partition coefficient (Wildman–Crippen LogP) is 3.91. The van der Waals surface area contributed by atoms with E-state index in [1.807, 2.05) is 38.1 Å². The summed E-state index contributed by atoms with van der Waals surface area (Å²) in [5.41, 5.74) is 3.26. The number of aliphatic imine (C=N–C) groups is 1. The number of carbonyl (C=O) groups is 2. The summed E-state index contributed by atoms with van der Waals surface area (Å²) in [5.74, 6) is -0.552. The van der Waals surface area contributed by atoms with Crippen LogP contribution in [0.25, 0.3) is 6.08 Å². The Morgan fingerprint density at radius 3 is 2.65 bits per heavy atom. The molecule has 0 fully saturated rings. The fourth-order valence-corrected chi connectivity index (χ4v) is 2.46. The van der Waals surface area contributed by atoms with Crippen LogP contribution in [0.3, 0.4) is 0 Å². The number of esters is 2. The van der Waals surface area contributed by atoms with E-state index in [1.165, 1.54) is 0 Å². The zero-order valence-electron chi connectivity index (χ0n) is 14.7. The zero-order chi connectivity index (χ0) is 18.5. The van der Waals surface area contributed by atoms with Crippen molar-refractivity contribution >= 4 is 23.9 Å². The number of ether oxygens (including phenoxy) is 2. The molecule has 1 aliphatic heterocycles. The summed E-state index contributed by atoms with van der Waals surface area (Å²) in [6, 6.07) is 14.4. The van der Waals surface area contributed by atoms with Gasteiger partial charge in [-0.15, -0.1) is 0 Å². The molecule has 0 unspecified atom stereocenters. The summed E-state index contributed by atoms with van der Waals surface area (Å²) < 4.78 is 10.4. The van der Waals surface area contributed by atoms with Gasteiger partial charge in [0.25, 0.3) is 0 Å². The molecule has 0 aromatic heterocycles. The standard InChI is InChI=1S/C21H19NO4/c1-3-11-25-20(23)16-9-7-15(8-10-16)13-18-21(24)26-19(22-18)17-6-4-5-14(2)12-17/h4-10,12-13H,3,11H2,1-2H3/b18-13-.